The van der Waals surface area contributed by atoms with Crippen molar-refractivity contribution in [2.24, 2.45) is 0 Å². The zero-order valence-corrected chi connectivity index (χ0v) is 19.8. The van der Waals surface area contributed by atoms with E-state index in [1.54, 1.807) is 18.3 Å². The van der Waals surface area contributed by atoms with Crippen LogP contribution in [-0.2, 0) is 17.9 Å². The maximum atomic E-state index is 13.3. The number of anilines is 2. The summed E-state index contributed by atoms with van der Waals surface area (Å²) in [6, 6.07) is 6.87. The molecular weight excluding hydrogens is 483 g/mol. The zero-order chi connectivity index (χ0) is 26.3. The van der Waals surface area contributed by atoms with Crippen LogP contribution in [0.4, 0.5) is 15.9 Å². The lowest BCUT2D eigenvalue weighted by Crippen LogP contribution is -2.32. The topological polar surface area (TPSA) is 144 Å². The summed E-state index contributed by atoms with van der Waals surface area (Å²) in [5.74, 6) is -2.04. The number of fused-ring (bicyclic) bond motifs is 2. The Morgan fingerprint density at radius 3 is 2.62 bits per heavy atom. The van der Waals surface area contributed by atoms with E-state index in [2.05, 4.69) is 25.7 Å². The fourth-order valence-electron chi connectivity index (χ4n) is 4.08. The minimum atomic E-state index is -0.599. The van der Waals surface area contributed by atoms with Crippen molar-refractivity contribution in [3.63, 3.8) is 0 Å². The highest BCUT2D eigenvalue weighted by Crippen LogP contribution is 2.24. The quantitative estimate of drug-likeness (QED) is 0.407. The van der Waals surface area contributed by atoms with Gasteiger partial charge in [-0.15, -0.1) is 0 Å². The molecule has 37 heavy (non-hydrogen) atoms. The van der Waals surface area contributed by atoms with Crippen LogP contribution in [0.15, 0.2) is 53.7 Å². The number of pyridine rings is 2. The summed E-state index contributed by atoms with van der Waals surface area (Å²) in [5, 5.41) is 9.36. The van der Waals surface area contributed by atoms with Crippen molar-refractivity contribution in [1.82, 2.24) is 29.0 Å². The molecular formula is C24H21FN8O4. The summed E-state index contributed by atoms with van der Waals surface area (Å²) in [7, 11) is 0. The fourth-order valence-corrected chi connectivity index (χ4v) is 4.08. The normalized spacial score (nSPS) is 12.8. The molecule has 0 atom stereocenters. The third-order valence-electron chi connectivity index (χ3n) is 5.84. The molecule has 0 fully saturated rings. The van der Waals surface area contributed by atoms with Gasteiger partial charge in [0, 0.05) is 18.3 Å². The Balaban J connectivity index is 1.57. The Kier molecular flexibility index (Phi) is 5.95. The van der Waals surface area contributed by atoms with E-state index in [-0.39, 0.29) is 41.0 Å². The number of nitrogens with zero attached hydrogens (tertiary/aromatic N) is 6. The number of carbonyl (C=O) groups excluding carboxylic acids is 3. The Labute approximate surface area is 208 Å². The van der Waals surface area contributed by atoms with Crippen molar-refractivity contribution in [3.05, 3.63) is 82.0 Å². The summed E-state index contributed by atoms with van der Waals surface area (Å²) in [6.07, 6.45) is 3.96. The van der Waals surface area contributed by atoms with Crippen LogP contribution in [0.2, 0.25) is 0 Å². The summed E-state index contributed by atoms with van der Waals surface area (Å²) in [6.45, 7) is 3.28. The van der Waals surface area contributed by atoms with Crippen LogP contribution in [0.5, 0.6) is 0 Å². The smallest absolute Gasteiger partial charge is 0.280 e. The fraction of sp³-hybridized carbons (Fsp3) is 0.208. The summed E-state index contributed by atoms with van der Waals surface area (Å²) in [4.78, 5) is 61.6. The second-order valence-corrected chi connectivity index (χ2v) is 8.65. The molecule has 3 amide bonds. The maximum absolute atomic E-state index is 13.3. The van der Waals surface area contributed by atoms with Crippen LogP contribution < -0.4 is 16.2 Å². The van der Waals surface area contributed by atoms with Gasteiger partial charge in [-0.25, -0.2) is 9.37 Å². The Morgan fingerprint density at radius 1 is 1.14 bits per heavy atom. The van der Waals surface area contributed by atoms with E-state index in [9.17, 15) is 23.6 Å². The van der Waals surface area contributed by atoms with Gasteiger partial charge in [0.05, 0.1) is 30.2 Å². The molecule has 0 spiro atoms. The van der Waals surface area contributed by atoms with Gasteiger partial charge in [0.1, 0.15) is 29.5 Å². The van der Waals surface area contributed by atoms with Gasteiger partial charge >= 0.3 is 0 Å². The minimum Gasteiger partial charge on any atom is -0.330 e. The van der Waals surface area contributed by atoms with Gasteiger partial charge < -0.3 is 20.1 Å². The number of amides is 3. The first-order valence-corrected chi connectivity index (χ1v) is 11.3. The van der Waals surface area contributed by atoms with Gasteiger partial charge in [0.15, 0.2) is 5.69 Å². The third kappa shape index (κ3) is 4.42. The summed E-state index contributed by atoms with van der Waals surface area (Å²) < 4.78 is 15.6. The molecule has 0 unspecified atom stereocenters. The van der Waals surface area contributed by atoms with Crippen LogP contribution in [0.1, 0.15) is 40.4 Å². The lowest BCUT2D eigenvalue weighted by molar-refractivity contribution is -0.116. The number of halogens is 1. The van der Waals surface area contributed by atoms with Gasteiger partial charge in [-0.05, 0) is 38.1 Å². The molecule has 0 saturated heterocycles. The molecule has 188 valence electrons. The van der Waals surface area contributed by atoms with Crippen LogP contribution in [0.3, 0.4) is 0 Å². The standard InChI is InChI=1S/C24H21FN8O4/c1-13(2)31-11-16-21(24(31)37)32(12-19(34)29-18-6-5-14(25)9-27-18)20-8-17(30-33(20)23(16)36)22(35)28-15-4-3-7-26-10-15/h3-10,13H,11-12H2,1-2H3,(H,28,35)(H,27,29,34). The van der Waals surface area contributed by atoms with Crippen molar-refractivity contribution >= 4 is 34.9 Å². The SMILES string of the molecule is CC(C)N1Cc2c(n(CC(=O)Nc3ccc(F)cn3)c3cc(C(=O)Nc4cccnc4)nn3c2=O)C1=O. The number of aromatic nitrogens is 5. The maximum Gasteiger partial charge on any atom is 0.280 e. The molecule has 12 nitrogen and oxygen atoms in total. The van der Waals surface area contributed by atoms with Gasteiger partial charge in [-0.1, -0.05) is 0 Å². The number of nitrogens with one attached hydrogen (secondary N) is 2. The molecule has 5 heterocycles. The van der Waals surface area contributed by atoms with Crippen LogP contribution >= 0.6 is 0 Å². The minimum absolute atomic E-state index is 0.0405. The molecule has 5 rings (SSSR count). The van der Waals surface area contributed by atoms with E-state index in [1.807, 2.05) is 13.8 Å². The highest BCUT2D eigenvalue weighted by Gasteiger charge is 2.36. The molecule has 0 radical (unpaired) electrons. The lowest BCUT2D eigenvalue weighted by Gasteiger charge is -2.20. The summed E-state index contributed by atoms with van der Waals surface area (Å²) in [5.41, 5.74) is 0.0807. The molecule has 2 N–H and O–H groups in total. The molecule has 0 bridgehead atoms. The van der Waals surface area contributed by atoms with Crippen molar-refractivity contribution < 1.29 is 18.8 Å². The highest BCUT2D eigenvalue weighted by molar-refractivity contribution is 6.04. The van der Waals surface area contributed by atoms with E-state index in [4.69, 9.17) is 0 Å². The van der Waals surface area contributed by atoms with E-state index in [1.165, 1.54) is 27.8 Å². The molecule has 4 aromatic rings. The average Bonchev–Trinajstić information content (AvgIpc) is 3.47. The highest BCUT2D eigenvalue weighted by atomic mass is 19.1. The number of hydrogen-bond acceptors (Lipinski definition) is 7. The number of rotatable bonds is 6. The molecule has 0 saturated carbocycles. The zero-order valence-electron chi connectivity index (χ0n) is 19.8. The average molecular weight is 504 g/mol. The molecule has 1 aliphatic rings. The molecule has 13 heteroatoms. The van der Waals surface area contributed by atoms with Crippen LogP contribution in [-0.4, -0.2) is 52.8 Å². The van der Waals surface area contributed by atoms with Crippen molar-refractivity contribution in [3.8, 4) is 0 Å². The summed E-state index contributed by atoms with van der Waals surface area (Å²) >= 11 is 0. The van der Waals surface area contributed by atoms with E-state index in [0.29, 0.717) is 5.69 Å². The predicted octanol–water partition coefficient (Wildman–Crippen LogP) is 1.68. The van der Waals surface area contributed by atoms with Crippen LogP contribution in [0, 0.1) is 5.82 Å². The Hall–Kier alpha value is -4.94. The number of carbonyl (C=O) groups is 3. The molecule has 4 aromatic heterocycles. The first-order chi connectivity index (χ1) is 17.7. The monoisotopic (exact) mass is 504 g/mol. The van der Waals surface area contributed by atoms with Gasteiger partial charge in [-0.2, -0.15) is 9.61 Å². The van der Waals surface area contributed by atoms with Crippen molar-refractivity contribution in [2.45, 2.75) is 33.0 Å². The number of hydrogen-bond donors (Lipinski definition) is 2. The lowest BCUT2D eigenvalue weighted by atomic mass is 10.2. The van der Waals surface area contributed by atoms with E-state index in [0.717, 1.165) is 16.8 Å². The molecule has 0 aromatic carbocycles. The van der Waals surface area contributed by atoms with Crippen LogP contribution in [0.25, 0.3) is 5.65 Å². The third-order valence-corrected chi connectivity index (χ3v) is 5.84. The van der Waals surface area contributed by atoms with E-state index < -0.39 is 35.6 Å². The van der Waals surface area contributed by atoms with Crippen molar-refractivity contribution in [1.29, 1.82) is 0 Å². The largest absolute Gasteiger partial charge is 0.330 e. The second-order valence-electron chi connectivity index (χ2n) is 8.65. The van der Waals surface area contributed by atoms with E-state index >= 15 is 0 Å². The Morgan fingerprint density at radius 2 is 1.95 bits per heavy atom. The molecule has 1 aliphatic heterocycles. The Bertz CT molecular complexity index is 1600. The predicted molar refractivity (Wildman–Crippen MR) is 129 cm³/mol. The van der Waals surface area contributed by atoms with Gasteiger partial charge in [0.25, 0.3) is 17.4 Å². The first kappa shape index (κ1) is 23.8. The second kappa shape index (κ2) is 9.26. The van der Waals surface area contributed by atoms with Crippen molar-refractivity contribution in [2.75, 3.05) is 10.6 Å². The first-order valence-electron chi connectivity index (χ1n) is 11.3. The van der Waals surface area contributed by atoms with Gasteiger partial charge in [0.2, 0.25) is 5.91 Å². The molecule has 0 aliphatic carbocycles. The van der Waals surface area contributed by atoms with Gasteiger partial charge in [-0.3, -0.25) is 24.2 Å².